The van der Waals surface area contributed by atoms with Gasteiger partial charge in [-0.05, 0) is 64.2 Å². The summed E-state index contributed by atoms with van der Waals surface area (Å²) in [5.74, 6) is -0.620. The van der Waals surface area contributed by atoms with Crippen molar-refractivity contribution in [3.63, 3.8) is 0 Å². The molecule has 1 unspecified atom stereocenters. The molecule has 0 aromatic heterocycles. The van der Waals surface area contributed by atoms with Gasteiger partial charge in [0.2, 0.25) is 0 Å². The van der Waals surface area contributed by atoms with Crippen LogP contribution in [-0.4, -0.2) is 23.1 Å². The maximum Gasteiger partial charge on any atom is 0.306 e. The van der Waals surface area contributed by atoms with Crippen molar-refractivity contribution < 1.29 is 19.4 Å². The van der Waals surface area contributed by atoms with E-state index < -0.39 is 5.97 Å². The summed E-state index contributed by atoms with van der Waals surface area (Å²) in [6, 6.07) is 0. The van der Waals surface area contributed by atoms with Crippen LogP contribution in [0.2, 0.25) is 0 Å². The highest BCUT2D eigenvalue weighted by atomic mass is 16.5. The van der Waals surface area contributed by atoms with Crippen molar-refractivity contribution in [3.8, 4) is 0 Å². The number of carboxylic acid groups (broad SMARTS) is 1. The first kappa shape index (κ1) is 50.7. The standard InChI is InChI=1S/C48H92O4/c1-3-5-7-9-11-12-13-14-15-16-17-18-19-20-21-22-27-30-33-37-41-45-48(51)52-46(42-38-34-10-8-6-4-2)43-39-35-31-28-25-23-24-26-29-32-36-40-44-47(49)50/h14-15,46H,3-13,16-45H2,1-2H3,(H,49,50)/b15-14-. The fraction of sp³-hybridized carbons (Fsp3) is 0.917. The predicted molar refractivity (Wildman–Crippen MR) is 227 cm³/mol. The number of allylic oxidation sites excluding steroid dienone is 2. The van der Waals surface area contributed by atoms with E-state index in [0.29, 0.717) is 12.8 Å². The molecule has 0 saturated carbocycles. The molecule has 0 aliphatic rings. The van der Waals surface area contributed by atoms with Gasteiger partial charge < -0.3 is 9.84 Å². The molecule has 0 bridgehead atoms. The van der Waals surface area contributed by atoms with Crippen molar-refractivity contribution in [2.45, 2.75) is 283 Å². The topological polar surface area (TPSA) is 63.6 Å². The molecular formula is C48H92O4. The highest BCUT2D eigenvalue weighted by Crippen LogP contribution is 2.19. The Balaban J connectivity index is 3.81. The molecule has 1 N–H and O–H groups in total. The first-order valence-corrected chi connectivity index (χ1v) is 23.7. The number of aliphatic carboxylic acids is 1. The fourth-order valence-electron chi connectivity index (χ4n) is 7.48. The summed E-state index contributed by atoms with van der Waals surface area (Å²) in [7, 11) is 0. The number of hydrogen-bond donors (Lipinski definition) is 1. The number of carbonyl (C=O) groups is 2. The average molecular weight is 733 g/mol. The summed E-state index contributed by atoms with van der Waals surface area (Å²) in [6.45, 7) is 4.56. The van der Waals surface area contributed by atoms with E-state index in [9.17, 15) is 9.59 Å². The van der Waals surface area contributed by atoms with Gasteiger partial charge in [0.15, 0.2) is 0 Å². The van der Waals surface area contributed by atoms with E-state index in [1.54, 1.807) is 0 Å². The van der Waals surface area contributed by atoms with E-state index in [2.05, 4.69) is 26.0 Å². The van der Waals surface area contributed by atoms with Crippen LogP contribution in [0.25, 0.3) is 0 Å². The Labute approximate surface area is 325 Å². The lowest BCUT2D eigenvalue weighted by molar-refractivity contribution is -0.150. The van der Waals surface area contributed by atoms with Crippen LogP contribution in [-0.2, 0) is 14.3 Å². The average Bonchev–Trinajstić information content (AvgIpc) is 3.13. The predicted octanol–water partition coefficient (Wildman–Crippen LogP) is 16.6. The highest BCUT2D eigenvalue weighted by Gasteiger charge is 2.14. The summed E-state index contributed by atoms with van der Waals surface area (Å²) >= 11 is 0. The molecule has 0 fully saturated rings. The summed E-state index contributed by atoms with van der Waals surface area (Å²) in [5.41, 5.74) is 0. The monoisotopic (exact) mass is 733 g/mol. The van der Waals surface area contributed by atoms with Gasteiger partial charge in [-0.3, -0.25) is 9.59 Å². The molecule has 0 spiro atoms. The molecule has 0 radical (unpaired) electrons. The van der Waals surface area contributed by atoms with E-state index in [1.165, 1.54) is 212 Å². The molecule has 0 aliphatic carbocycles. The van der Waals surface area contributed by atoms with Gasteiger partial charge in [-0.25, -0.2) is 0 Å². The molecule has 0 heterocycles. The van der Waals surface area contributed by atoms with Crippen LogP contribution in [0.4, 0.5) is 0 Å². The number of hydrogen-bond acceptors (Lipinski definition) is 3. The van der Waals surface area contributed by atoms with Gasteiger partial charge in [-0.2, -0.15) is 0 Å². The third-order valence-corrected chi connectivity index (χ3v) is 11.0. The zero-order valence-electron chi connectivity index (χ0n) is 35.4. The molecule has 4 heteroatoms. The largest absolute Gasteiger partial charge is 0.481 e. The third kappa shape index (κ3) is 43.1. The van der Waals surface area contributed by atoms with Crippen LogP contribution >= 0.6 is 0 Å². The molecule has 1 atom stereocenters. The van der Waals surface area contributed by atoms with Crippen molar-refractivity contribution in [2.75, 3.05) is 0 Å². The van der Waals surface area contributed by atoms with Crippen LogP contribution in [0, 0.1) is 0 Å². The molecule has 308 valence electrons. The van der Waals surface area contributed by atoms with Crippen LogP contribution in [0.1, 0.15) is 277 Å². The minimum Gasteiger partial charge on any atom is -0.481 e. The second-order valence-electron chi connectivity index (χ2n) is 16.3. The third-order valence-electron chi connectivity index (χ3n) is 11.0. The summed E-state index contributed by atoms with van der Waals surface area (Å²) in [5, 5.41) is 8.71. The van der Waals surface area contributed by atoms with Gasteiger partial charge in [0.25, 0.3) is 0 Å². The second kappa shape index (κ2) is 44.1. The second-order valence-corrected chi connectivity index (χ2v) is 16.3. The minimum atomic E-state index is -0.667. The van der Waals surface area contributed by atoms with E-state index in [0.717, 1.165) is 38.5 Å². The number of carbonyl (C=O) groups excluding carboxylic acids is 1. The van der Waals surface area contributed by atoms with Gasteiger partial charge >= 0.3 is 11.9 Å². The van der Waals surface area contributed by atoms with E-state index in [4.69, 9.17) is 9.84 Å². The Hall–Kier alpha value is -1.32. The van der Waals surface area contributed by atoms with Crippen LogP contribution < -0.4 is 0 Å². The molecule has 52 heavy (non-hydrogen) atoms. The number of rotatable bonds is 44. The normalized spacial score (nSPS) is 12.2. The number of carboxylic acids is 1. The lowest BCUT2D eigenvalue weighted by atomic mass is 10.0. The number of ether oxygens (including phenoxy) is 1. The van der Waals surface area contributed by atoms with Gasteiger partial charge in [0, 0.05) is 12.8 Å². The van der Waals surface area contributed by atoms with Crippen LogP contribution in [0.3, 0.4) is 0 Å². The maximum atomic E-state index is 12.7. The lowest BCUT2D eigenvalue weighted by Crippen LogP contribution is -2.18. The number of unbranched alkanes of at least 4 members (excludes halogenated alkanes) is 33. The lowest BCUT2D eigenvalue weighted by Gasteiger charge is -2.18. The van der Waals surface area contributed by atoms with E-state index >= 15 is 0 Å². The Morgan fingerprint density at radius 1 is 0.404 bits per heavy atom. The van der Waals surface area contributed by atoms with Gasteiger partial charge in [-0.15, -0.1) is 0 Å². The quantitative estimate of drug-likeness (QED) is 0.0385. The first-order valence-electron chi connectivity index (χ1n) is 23.7. The minimum absolute atomic E-state index is 0.0474. The number of esters is 1. The maximum absolute atomic E-state index is 12.7. The van der Waals surface area contributed by atoms with Crippen LogP contribution in [0.15, 0.2) is 12.2 Å². The zero-order valence-corrected chi connectivity index (χ0v) is 35.4. The van der Waals surface area contributed by atoms with Crippen molar-refractivity contribution in [3.05, 3.63) is 12.2 Å². The highest BCUT2D eigenvalue weighted by molar-refractivity contribution is 5.69. The van der Waals surface area contributed by atoms with Crippen LogP contribution in [0.5, 0.6) is 0 Å². The molecule has 4 nitrogen and oxygen atoms in total. The fourth-order valence-corrected chi connectivity index (χ4v) is 7.48. The Morgan fingerprint density at radius 3 is 1.04 bits per heavy atom. The summed E-state index contributed by atoms with van der Waals surface area (Å²) in [4.78, 5) is 23.3. The Kier molecular flexibility index (Phi) is 43.0. The van der Waals surface area contributed by atoms with Crippen molar-refractivity contribution in [1.82, 2.24) is 0 Å². The van der Waals surface area contributed by atoms with Gasteiger partial charge in [-0.1, -0.05) is 212 Å². The van der Waals surface area contributed by atoms with E-state index in [1.807, 2.05) is 0 Å². The van der Waals surface area contributed by atoms with Crippen molar-refractivity contribution >= 4 is 11.9 Å². The van der Waals surface area contributed by atoms with Gasteiger partial charge in [0.05, 0.1) is 0 Å². The van der Waals surface area contributed by atoms with Crippen molar-refractivity contribution in [2.24, 2.45) is 0 Å². The zero-order chi connectivity index (χ0) is 37.8. The SMILES string of the molecule is CCCCCCCC/C=C\CCCCCCCCCCCCCC(=O)OC(CCCCCCCC)CCCCCCCCCCCCCCC(=O)O. The Morgan fingerprint density at radius 2 is 0.692 bits per heavy atom. The first-order chi connectivity index (χ1) is 25.6. The molecule has 0 aliphatic heterocycles. The van der Waals surface area contributed by atoms with Gasteiger partial charge in [0.1, 0.15) is 6.10 Å². The molecule has 0 aromatic carbocycles. The summed E-state index contributed by atoms with van der Waals surface area (Å²) in [6.07, 6.45) is 55.6. The molecular weight excluding hydrogens is 641 g/mol. The van der Waals surface area contributed by atoms with E-state index in [-0.39, 0.29) is 12.1 Å². The summed E-state index contributed by atoms with van der Waals surface area (Å²) < 4.78 is 6.07. The molecule has 0 rings (SSSR count). The molecule has 0 saturated heterocycles. The Bertz CT molecular complexity index is 747. The molecule has 0 amide bonds. The van der Waals surface area contributed by atoms with Crippen molar-refractivity contribution in [1.29, 1.82) is 0 Å². The molecule has 0 aromatic rings. The smallest absolute Gasteiger partial charge is 0.306 e.